The molecule has 0 amide bonds. The van der Waals surface area contributed by atoms with Crippen LogP contribution in [0.25, 0.3) is 0 Å². The SMILES string of the molecule is CCO[Si](CCC[S+](C)C)(OCC)OCC. The minimum atomic E-state index is -2.36. The van der Waals surface area contributed by atoms with Crippen LogP contribution in [0.5, 0.6) is 0 Å². The van der Waals surface area contributed by atoms with Crippen molar-refractivity contribution in [1.82, 2.24) is 0 Å². The summed E-state index contributed by atoms with van der Waals surface area (Å²) in [6.45, 7) is 8.04. The first-order valence-electron chi connectivity index (χ1n) is 6.06. The van der Waals surface area contributed by atoms with Gasteiger partial charge in [0.25, 0.3) is 0 Å². The zero-order chi connectivity index (χ0) is 12.4. The molecule has 0 saturated carbocycles. The Morgan fingerprint density at radius 2 is 1.31 bits per heavy atom. The van der Waals surface area contributed by atoms with Crippen LogP contribution in [0, 0.1) is 0 Å². The number of rotatable bonds is 10. The molecule has 0 aliphatic heterocycles. The van der Waals surface area contributed by atoms with Gasteiger partial charge in [-0.25, -0.2) is 0 Å². The molecule has 0 bridgehead atoms. The summed E-state index contributed by atoms with van der Waals surface area (Å²) in [4.78, 5) is 0. The summed E-state index contributed by atoms with van der Waals surface area (Å²) < 4.78 is 17.4. The van der Waals surface area contributed by atoms with Crippen molar-refractivity contribution in [3.63, 3.8) is 0 Å². The van der Waals surface area contributed by atoms with E-state index in [1.807, 2.05) is 20.8 Å². The van der Waals surface area contributed by atoms with Crippen molar-refractivity contribution in [2.75, 3.05) is 38.1 Å². The van der Waals surface area contributed by atoms with Crippen molar-refractivity contribution in [2.24, 2.45) is 0 Å². The van der Waals surface area contributed by atoms with Crippen molar-refractivity contribution >= 4 is 19.7 Å². The van der Waals surface area contributed by atoms with Gasteiger partial charge in [-0.2, -0.15) is 0 Å². The second kappa shape index (κ2) is 9.47. The first-order chi connectivity index (χ1) is 7.60. The molecular weight excluding hydrogens is 240 g/mol. The van der Waals surface area contributed by atoms with Crippen LogP contribution < -0.4 is 0 Å². The predicted molar refractivity (Wildman–Crippen MR) is 74.1 cm³/mol. The Bertz CT molecular complexity index is 150. The summed E-state index contributed by atoms with van der Waals surface area (Å²) in [5.74, 6) is 1.24. The summed E-state index contributed by atoms with van der Waals surface area (Å²) in [5.41, 5.74) is 0. The van der Waals surface area contributed by atoms with Gasteiger partial charge in [-0.3, -0.25) is 0 Å². The lowest BCUT2D eigenvalue weighted by molar-refractivity contribution is 0.0712. The lowest BCUT2D eigenvalue weighted by atomic mass is 10.6. The number of hydrogen-bond donors (Lipinski definition) is 0. The molecule has 0 N–H and O–H groups in total. The van der Waals surface area contributed by atoms with E-state index < -0.39 is 8.80 Å². The monoisotopic (exact) mass is 267 g/mol. The molecule has 0 fully saturated rings. The lowest BCUT2D eigenvalue weighted by Gasteiger charge is -2.28. The normalized spacial score (nSPS) is 12.4. The maximum absolute atomic E-state index is 5.79. The lowest BCUT2D eigenvalue weighted by Crippen LogP contribution is -2.46. The van der Waals surface area contributed by atoms with Gasteiger partial charge < -0.3 is 13.3 Å². The first-order valence-corrected chi connectivity index (χ1v) is 10.2. The zero-order valence-corrected chi connectivity index (χ0v) is 13.2. The van der Waals surface area contributed by atoms with Crippen LogP contribution >= 0.6 is 0 Å². The highest BCUT2D eigenvalue weighted by atomic mass is 32.2. The third kappa shape index (κ3) is 6.91. The van der Waals surface area contributed by atoms with Crippen molar-refractivity contribution < 1.29 is 13.3 Å². The molecule has 3 nitrogen and oxygen atoms in total. The Hall–Kier alpha value is 0.447. The van der Waals surface area contributed by atoms with E-state index in [9.17, 15) is 0 Å². The van der Waals surface area contributed by atoms with Gasteiger partial charge in [0.2, 0.25) is 0 Å². The Labute approximate surface area is 105 Å². The zero-order valence-electron chi connectivity index (χ0n) is 11.4. The van der Waals surface area contributed by atoms with Gasteiger partial charge in [-0.1, -0.05) is 0 Å². The van der Waals surface area contributed by atoms with Gasteiger partial charge in [0.1, 0.15) is 5.75 Å². The van der Waals surface area contributed by atoms with Crippen LogP contribution in [0.2, 0.25) is 6.04 Å². The highest BCUT2D eigenvalue weighted by molar-refractivity contribution is 7.95. The fraction of sp³-hybridized carbons (Fsp3) is 1.00. The first kappa shape index (κ1) is 16.4. The molecule has 0 spiro atoms. The highest BCUT2D eigenvalue weighted by Crippen LogP contribution is 2.18. The molecule has 0 unspecified atom stereocenters. The molecule has 5 heteroatoms. The Morgan fingerprint density at radius 1 is 0.875 bits per heavy atom. The molecule has 0 aromatic heterocycles. The summed E-state index contributed by atoms with van der Waals surface area (Å²) in [6.07, 6.45) is 5.68. The van der Waals surface area contributed by atoms with Crippen molar-refractivity contribution in [1.29, 1.82) is 0 Å². The highest BCUT2D eigenvalue weighted by Gasteiger charge is 2.40. The van der Waals surface area contributed by atoms with Crippen LogP contribution in [-0.4, -0.2) is 46.9 Å². The summed E-state index contributed by atoms with van der Waals surface area (Å²) >= 11 is 0. The standard InChI is InChI=1S/C11H27O3SSi/c1-6-12-16(13-7-2,14-8-3)11-9-10-15(4)5/h6-11H2,1-5H3/q+1. The predicted octanol–water partition coefficient (Wildman–Crippen LogP) is 2.30. The fourth-order valence-corrected chi connectivity index (χ4v) is 5.17. The molecule has 0 atom stereocenters. The van der Waals surface area contributed by atoms with E-state index in [2.05, 4.69) is 12.5 Å². The fourth-order valence-electron chi connectivity index (χ4n) is 1.58. The molecule has 0 radical (unpaired) electrons. The van der Waals surface area contributed by atoms with E-state index in [1.165, 1.54) is 5.75 Å². The Morgan fingerprint density at radius 3 is 1.62 bits per heavy atom. The molecule has 98 valence electrons. The number of hydrogen-bond acceptors (Lipinski definition) is 3. The Balaban J connectivity index is 4.23. The second-order valence-electron chi connectivity index (χ2n) is 3.78. The minimum absolute atomic E-state index is 0.493. The van der Waals surface area contributed by atoms with E-state index in [4.69, 9.17) is 13.3 Å². The molecule has 0 rings (SSSR count). The van der Waals surface area contributed by atoms with Crippen LogP contribution in [0.1, 0.15) is 27.2 Å². The third-order valence-corrected chi connectivity index (χ3v) is 6.38. The van der Waals surface area contributed by atoms with Crippen LogP contribution in [-0.2, 0) is 24.2 Å². The van der Waals surface area contributed by atoms with Gasteiger partial charge >= 0.3 is 8.80 Å². The smallest absolute Gasteiger partial charge is 0.374 e. The average molecular weight is 267 g/mol. The molecule has 0 aromatic rings. The molecular formula is C11H27O3SSi+. The van der Waals surface area contributed by atoms with Gasteiger partial charge in [0, 0.05) is 25.9 Å². The van der Waals surface area contributed by atoms with Gasteiger partial charge in [-0.05, 0) is 38.1 Å². The second-order valence-corrected chi connectivity index (χ2v) is 8.89. The van der Waals surface area contributed by atoms with E-state index in [0.717, 1.165) is 12.5 Å². The maximum atomic E-state index is 5.79. The van der Waals surface area contributed by atoms with Crippen molar-refractivity contribution in [3.8, 4) is 0 Å². The maximum Gasteiger partial charge on any atom is 0.501 e. The third-order valence-electron chi connectivity index (χ3n) is 2.13. The van der Waals surface area contributed by atoms with E-state index >= 15 is 0 Å². The van der Waals surface area contributed by atoms with Gasteiger partial charge in [-0.15, -0.1) is 0 Å². The topological polar surface area (TPSA) is 27.7 Å². The van der Waals surface area contributed by atoms with Crippen LogP contribution in [0.15, 0.2) is 0 Å². The molecule has 0 saturated heterocycles. The van der Waals surface area contributed by atoms with E-state index in [-0.39, 0.29) is 0 Å². The van der Waals surface area contributed by atoms with Gasteiger partial charge in [0.05, 0.1) is 12.5 Å². The summed E-state index contributed by atoms with van der Waals surface area (Å²) in [6, 6.07) is 0.952. The molecule has 16 heavy (non-hydrogen) atoms. The average Bonchev–Trinajstić information content (AvgIpc) is 2.18. The van der Waals surface area contributed by atoms with Crippen LogP contribution in [0.4, 0.5) is 0 Å². The van der Waals surface area contributed by atoms with Crippen molar-refractivity contribution in [2.45, 2.75) is 33.2 Å². The summed E-state index contributed by atoms with van der Waals surface area (Å²) in [7, 11) is -1.86. The summed E-state index contributed by atoms with van der Waals surface area (Å²) in [5, 5.41) is 0. The molecule has 0 heterocycles. The van der Waals surface area contributed by atoms with E-state index in [0.29, 0.717) is 30.7 Å². The minimum Gasteiger partial charge on any atom is -0.374 e. The molecule has 0 aliphatic carbocycles. The largest absolute Gasteiger partial charge is 0.501 e. The van der Waals surface area contributed by atoms with Crippen molar-refractivity contribution in [3.05, 3.63) is 0 Å². The Kier molecular flexibility index (Phi) is 9.74. The van der Waals surface area contributed by atoms with Crippen LogP contribution in [0.3, 0.4) is 0 Å². The van der Waals surface area contributed by atoms with E-state index in [1.54, 1.807) is 0 Å². The van der Waals surface area contributed by atoms with Gasteiger partial charge in [0.15, 0.2) is 0 Å². The molecule has 0 aromatic carbocycles. The molecule has 0 aliphatic rings. The quantitative estimate of drug-likeness (QED) is 0.449.